The molecular formula is C11H12O. The van der Waals surface area contributed by atoms with Crippen LogP contribution in [-0.2, 0) is 10.3 Å². The van der Waals surface area contributed by atoms with Crippen LogP contribution < -0.4 is 0 Å². The van der Waals surface area contributed by atoms with Gasteiger partial charge >= 0.3 is 0 Å². The molecule has 3 rings (SSSR count). The van der Waals surface area contributed by atoms with Gasteiger partial charge in [0.25, 0.3) is 0 Å². The van der Waals surface area contributed by atoms with E-state index in [1.165, 1.54) is 24.0 Å². The Hall–Kier alpha value is -0.820. The first-order valence-electron chi connectivity index (χ1n) is 4.57. The number of rotatable bonds is 0. The maximum atomic E-state index is 5.93. The zero-order valence-corrected chi connectivity index (χ0v) is 7.21. The summed E-state index contributed by atoms with van der Waals surface area (Å²) in [6.07, 6.45) is 2.79. The first-order valence-corrected chi connectivity index (χ1v) is 4.57. The van der Waals surface area contributed by atoms with E-state index in [0.29, 0.717) is 6.10 Å². The molecule has 0 amide bonds. The van der Waals surface area contributed by atoms with Gasteiger partial charge in [0, 0.05) is 0 Å². The van der Waals surface area contributed by atoms with Crippen LogP contribution in [0.25, 0.3) is 0 Å². The van der Waals surface area contributed by atoms with E-state index in [4.69, 9.17) is 4.74 Å². The summed E-state index contributed by atoms with van der Waals surface area (Å²) in [6, 6.07) is 8.61. The van der Waals surface area contributed by atoms with Crippen LogP contribution in [-0.4, -0.2) is 0 Å². The molecule has 0 radical (unpaired) electrons. The van der Waals surface area contributed by atoms with Gasteiger partial charge in [-0.3, -0.25) is 0 Å². The lowest BCUT2D eigenvalue weighted by atomic mass is 9.84. The number of fused-ring (bicyclic) bond motifs is 5. The minimum Gasteiger partial charge on any atom is -0.363 e. The predicted molar refractivity (Wildman–Crippen MR) is 46.9 cm³/mol. The monoisotopic (exact) mass is 160 g/mol. The topological polar surface area (TPSA) is 9.23 Å². The molecule has 0 saturated carbocycles. The number of benzene rings is 1. The van der Waals surface area contributed by atoms with Gasteiger partial charge < -0.3 is 4.74 Å². The van der Waals surface area contributed by atoms with Gasteiger partial charge in [0.05, 0.1) is 11.7 Å². The molecule has 2 heterocycles. The second-order valence-corrected chi connectivity index (χ2v) is 3.96. The van der Waals surface area contributed by atoms with Crippen LogP contribution in [0.4, 0.5) is 0 Å². The highest BCUT2D eigenvalue weighted by Gasteiger charge is 2.46. The Balaban J connectivity index is 2.27. The Kier molecular flexibility index (Phi) is 1.06. The Morgan fingerprint density at radius 3 is 3.08 bits per heavy atom. The van der Waals surface area contributed by atoms with Crippen molar-refractivity contribution < 1.29 is 4.74 Å². The van der Waals surface area contributed by atoms with Gasteiger partial charge in [0.15, 0.2) is 0 Å². The Morgan fingerprint density at radius 1 is 1.42 bits per heavy atom. The van der Waals surface area contributed by atoms with Crippen LogP contribution in [0.1, 0.15) is 37.0 Å². The maximum absolute atomic E-state index is 5.93. The third-order valence-corrected chi connectivity index (χ3v) is 3.16. The molecule has 0 spiro atoms. The lowest BCUT2D eigenvalue weighted by molar-refractivity contribution is -0.00700. The van der Waals surface area contributed by atoms with Crippen LogP contribution >= 0.6 is 0 Å². The van der Waals surface area contributed by atoms with Gasteiger partial charge in [-0.25, -0.2) is 0 Å². The molecule has 1 saturated heterocycles. The SMILES string of the molecule is C[C@@]12CC[C@@H](O1)c1ccccc12. The summed E-state index contributed by atoms with van der Waals surface area (Å²) in [5.74, 6) is 0. The van der Waals surface area contributed by atoms with E-state index in [1.54, 1.807) is 0 Å². The van der Waals surface area contributed by atoms with Crippen LogP contribution in [0.2, 0.25) is 0 Å². The first kappa shape index (κ1) is 6.67. The van der Waals surface area contributed by atoms with Crippen LogP contribution in [0.15, 0.2) is 24.3 Å². The van der Waals surface area contributed by atoms with E-state index in [2.05, 4.69) is 31.2 Å². The van der Waals surface area contributed by atoms with E-state index in [9.17, 15) is 0 Å². The standard InChI is InChI=1S/C11H12O/c1-11-7-6-10(12-11)8-4-2-3-5-9(8)11/h2-5,10H,6-7H2,1H3/t10-,11+/m1/s1. The summed E-state index contributed by atoms with van der Waals surface area (Å²) in [6.45, 7) is 2.21. The lowest BCUT2D eigenvalue weighted by Crippen LogP contribution is -2.16. The minimum atomic E-state index is 0.0429. The normalized spacial score (nSPS) is 36.9. The molecule has 0 aromatic heterocycles. The molecule has 1 aromatic rings. The molecule has 2 aliphatic heterocycles. The van der Waals surface area contributed by atoms with Gasteiger partial charge in [-0.1, -0.05) is 24.3 Å². The van der Waals surface area contributed by atoms with Gasteiger partial charge in [0.1, 0.15) is 0 Å². The molecule has 1 aromatic carbocycles. The number of hydrogen-bond acceptors (Lipinski definition) is 1. The van der Waals surface area contributed by atoms with Crippen molar-refractivity contribution in [1.29, 1.82) is 0 Å². The zero-order valence-electron chi connectivity index (χ0n) is 7.21. The molecule has 0 aliphatic carbocycles. The fraction of sp³-hybridized carbons (Fsp3) is 0.455. The molecule has 12 heavy (non-hydrogen) atoms. The Bertz CT molecular complexity index is 332. The summed E-state index contributed by atoms with van der Waals surface area (Å²) < 4.78 is 5.93. The minimum absolute atomic E-state index is 0.0429. The van der Waals surface area contributed by atoms with Crippen molar-refractivity contribution in [1.82, 2.24) is 0 Å². The van der Waals surface area contributed by atoms with Crippen molar-refractivity contribution in [2.45, 2.75) is 31.5 Å². The van der Waals surface area contributed by atoms with Gasteiger partial charge in [-0.15, -0.1) is 0 Å². The van der Waals surface area contributed by atoms with Crippen molar-refractivity contribution in [3.8, 4) is 0 Å². The molecular weight excluding hydrogens is 148 g/mol. The van der Waals surface area contributed by atoms with E-state index >= 15 is 0 Å². The summed E-state index contributed by atoms with van der Waals surface area (Å²) in [5.41, 5.74) is 2.88. The Morgan fingerprint density at radius 2 is 2.25 bits per heavy atom. The highest BCUT2D eigenvalue weighted by Crippen LogP contribution is 2.54. The second kappa shape index (κ2) is 1.91. The van der Waals surface area contributed by atoms with Crippen LogP contribution in [0.3, 0.4) is 0 Å². The van der Waals surface area contributed by atoms with Crippen molar-refractivity contribution in [3.05, 3.63) is 35.4 Å². The van der Waals surface area contributed by atoms with Crippen molar-refractivity contribution >= 4 is 0 Å². The molecule has 0 unspecified atom stereocenters. The van der Waals surface area contributed by atoms with E-state index < -0.39 is 0 Å². The van der Waals surface area contributed by atoms with E-state index in [-0.39, 0.29) is 5.60 Å². The third kappa shape index (κ3) is 0.632. The summed E-state index contributed by atoms with van der Waals surface area (Å²) in [5, 5.41) is 0. The summed E-state index contributed by atoms with van der Waals surface area (Å²) in [4.78, 5) is 0. The van der Waals surface area contributed by atoms with E-state index in [0.717, 1.165) is 0 Å². The average molecular weight is 160 g/mol. The van der Waals surface area contributed by atoms with Crippen LogP contribution in [0, 0.1) is 0 Å². The van der Waals surface area contributed by atoms with Gasteiger partial charge in [-0.2, -0.15) is 0 Å². The van der Waals surface area contributed by atoms with Gasteiger partial charge in [0.2, 0.25) is 0 Å². The molecule has 0 N–H and O–H groups in total. The molecule has 1 nitrogen and oxygen atoms in total. The number of ether oxygens (including phenoxy) is 1. The molecule has 1 heteroatoms. The van der Waals surface area contributed by atoms with Crippen molar-refractivity contribution in [3.63, 3.8) is 0 Å². The Labute approximate surface area is 72.4 Å². The predicted octanol–water partition coefficient (Wildman–Crippen LogP) is 2.77. The van der Waals surface area contributed by atoms with E-state index in [1.807, 2.05) is 0 Å². The quantitative estimate of drug-likeness (QED) is 0.567. The first-order chi connectivity index (χ1) is 5.80. The highest BCUT2D eigenvalue weighted by molar-refractivity contribution is 5.39. The fourth-order valence-electron chi connectivity index (χ4n) is 2.51. The van der Waals surface area contributed by atoms with Crippen molar-refractivity contribution in [2.24, 2.45) is 0 Å². The highest BCUT2D eigenvalue weighted by atomic mass is 16.5. The van der Waals surface area contributed by atoms with Crippen LogP contribution in [0.5, 0.6) is 0 Å². The largest absolute Gasteiger partial charge is 0.363 e. The van der Waals surface area contributed by atoms with Crippen molar-refractivity contribution in [2.75, 3.05) is 0 Å². The van der Waals surface area contributed by atoms with Gasteiger partial charge in [-0.05, 0) is 30.9 Å². The average Bonchev–Trinajstić information content (AvgIpc) is 2.60. The summed E-state index contributed by atoms with van der Waals surface area (Å²) in [7, 11) is 0. The molecule has 2 bridgehead atoms. The maximum Gasteiger partial charge on any atom is 0.0916 e. The zero-order chi connectivity index (χ0) is 8.18. The molecule has 2 atom stereocenters. The summed E-state index contributed by atoms with van der Waals surface area (Å²) >= 11 is 0. The molecule has 1 fully saturated rings. The molecule has 2 aliphatic rings. The third-order valence-electron chi connectivity index (χ3n) is 3.16. The molecule has 62 valence electrons. The second-order valence-electron chi connectivity index (χ2n) is 3.96. The number of hydrogen-bond donors (Lipinski definition) is 0. The smallest absolute Gasteiger partial charge is 0.0916 e. The lowest BCUT2D eigenvalue weighted by Gasteiger charge is -2.20. The fourth-order valence-corrected chi connectivity index (χ4v) is 2.51.